The molecule has 0 aliphatic carbocycles. The summed E-state index contributed by atoms with van der Waals surface area (Å²) in [4.78, 5) is 11.4. The Morgan fingerprint density at radius 2 is 1.85 bits per heavy atom. The van der Waals surface area contributed by atoms with Crippen LogP contribution in [-0.4, -0.2) is 25.8 Å². The highest BCUT2D eigenvalue weighted by molar-refractivity contribution is 7.90. The van der Waals surface area contributed by atoms with Crippen molar-refractivity contribution in [3.8, 4) is 17.0 Å². The summed E-state index contributed by atoms with van der Waals surface area (Å²) >= 11 is 0. The molecule has 0 bridgehead atoms. The minimum Gasteiger partial charge on any atom is -0.494 e. The second-order valence-electron chi connectivity index (χ2n) is 5.83. The number of carbonyl (C=O) groups is 1. The summed E-state index contributed by atoms with van der Waals surface area (Å²) in [5, 5.41) is 0. The van der Waals surface area contributed by atoms with Crippen LogP contribution < -0.4 is 4.74 Å². The van der Waals surface area contributed by atoms with Gasteiger partial charge >= 0.3 is 0 Å². The molecule has 140 valence electrons. The zero-order valence-corrected chi connectivity index (χ0v) is 15.3. The summed E-state index contributed by atoms with van der Waals surface area (Å²) in [7, 11) is -2.94. The number of aldehydes is 1. The van der Waals surface area contributed by atoms with Crippen LogP contribution in [0.3, 0.4) is 0 Å². The van der Waals surface area contributed by atoms with Gasteiger partial charge in [0.1, 0.15) is 17.3 Å². The molecule has 0 amide bonds. The maximum atomic E-state index is 14.4. The molecule has 0 radical (unpaired) electrons. The topological polar surface area (TPSA) is 65.4 Å². The van der Waals surface area contributed by atoms with Gasteiger partial charge in [-0.2, -0.15) is 0 Å². The standard InChI is InChI=1S/C19H15F2NO4S/c1-12-4-3-5-15(8-12)27(24,25)22-10-13(11-23)19(26-2)18(22)16-7-6-14(20)9-17(16)21/h3-11H,1-2H3. The third-order valence-corrected chi connectivity index (χ3v) is 5.67. The Labute approximate surface area is 154 Å². The number of aryl methyl sites for hydroxylation is 1. The van der Waals surface area contributed by atoms with Crippen molar-refractivity contribution in [1.82, 2.24) is 3.97 Å². The molecule has 2 aromatic carbocycles. The average molecular weight is 391 g/mol. The zero-order valence-electron chi connectivity index (χ0n) is 14.4. The molecule has 0 aliphatic heterocycles. The van der Waals surface area contributed by atoms with Crippen LogP contribution in [0.25, 0.3) is 11.3 Å². The van der Waals surface area contributed by atoms with Gasteiger partial charge in [0.2, 0.25) is 0 Å². The highest BCUT2D eigenvalue weighted by atomic mass is 32.2. The summed E-state index contributed by atoms with van der Waals surface area (Å²) in [5.74, 6) is -1.92. The van der Waals surface area contributed by atoms with Crippen LogP contribution >= 0.6 is 0 Å². The second-order valence-corrected chi connectivity index (χ2v) is 7.64. The smallest absolute Gasteiger partial charge is 0.268 e. The molecule has 0 spiro atoms. The second kappa shape index (κ2) is 6.96. The molecule has 0 atom stereocenters. The van der Waals surface area contributed by atoms with Crippen LogP contribution in [0, 0.1) is 18.6 Å². The summed E-state index contributed by atoms with van der Waals surface area (Å²) in [5.41, 5.74) is 0.226. The summed E-state index contributed by atoms with van der Waals surface area (Å²) in [6.07, 6.45) is 1.47. The van der Waals surface area contributed by atoms with Crippen LogP contribution in [0.4, 0.5) is 8.78 Å². The van der Waals surface area contributed by atoms with Crippen molar-refractivity contribution in [3.05, 3.63) is 71.4 Å². The fraction of sp³-hybridized carbons (Fsp3) is 0.105. The van der Waals surface area contributed by atoms with Crippen LogP contribution in [0.15, 0.2) is 53.6 Å². The molecule has 3 aromatic rings. The molecule has 0 fully saturated rings. The first-order valence-electron chi connectivity index (χ1n) is 7.81. The molecule has 1 aromatic heterocycles. The van der Waals surface area contributed by atoms with Gasteiger partial charge in [-0.3, -0.25) is 4.79 Å². The highest BCUT2D eigenvalue weighted by Gasteiger charge is 2.28. The molecule has 3 rings (SSSR count). The summed E-state index contributed by atoms with van der Waals surface area (Å²) in [6.45, 7) is 1.73. The van der Waals surface area contributed by atoms with Crippen molar-refractivity contribution >= 4 is 16.3 Å². The minimum atomic E-state index is -4.17. The fourth-order valence-corrected chi connectivity index (χ4v) is 4.27. The minimum absolute atomic E-state index is 0.0404. The Bertz CT molecular complexity index is 1140. The lowest BCUT2D eigenvalue weighted by atomic mass is 10.1. The summed E-state index contributed by atoms with van der Waals surface area (Å²) < 4.78 is 60.0. The number of methoxy groups -OCH3 is 1. The molecule has 0 aliphatic rings. The van der Waals surface area contributed by atoms with Gasteiger partial charge in [-0.05, 0) is 36.8 Å². The first kappa shape index (κ1) is 18.8. The predicted octanol–water partition coefficient (Wildman–Crippen LogP) is 3.80. The number of rotatable bonds is 5. The van der Waals surface area contributed by atoms with Crippen molar-refractivity contribution in [2.45, 2.75) is 11.8 Å². The third-order valence-electron chi connectivity index (χ3n) is 4.02. The van der Waals surface area contributed by atoms with Gasteiger partial charge in [0.15, 0.2) is 12.0 Å². The number of halogens is 2. The monoisotopic (exact) mass is 391 g/mol. The van der Waals surface area contributed by atoms with Gasteiger partial charge in [0, 0.05) is 17.8 Å². The lowest BCUT2D eigenvalue weighted by Crippen LogP contribution is -2.14. The van der Waals surface area contributed by atoms with Crippen molar-refractivity contribution in [3.63, 3.8) is 0 Å². The molecule has 1 heterocycles. The molecule has 0 N–H and O–H groups in total. The van der Waals surface area contributed by atoms with E-state index in [0.717, 1.165) is 22.3 Å². The van der Waals surface area contributed by atoms with Gasteiger partial charge in [-0.15, -0.1) is 0 Å². The van der Waals surface area contributed by atoms with Gasteiger partial charge in [-0.1, -0.05) is 12.1 Å². The quantitative estimate of drug-likeness (QED) is 0.621. The highest BCUT2D eigenvalue weighted by Crippen LogP contribution is 2.38. The summed E-state index contributed by atoms with van der Waals surface area (Å²) in [6, 6.07) is 8.86. The van der Waals surface area contributed by atoms with E-state index in [0.29, 0.717) is 17.9 Å². The van der Waals surface area contributed by atoms with Gasteiger partial charge in [0.05, 0.1) is 17.6 Å². The van der Waals surface area contributed by atoms with E-state index in [1.165, 1.54) is 19.2 Å². The van der Waals surface area contributed by atoms with Crippen LogP contribution in [0.1, 0.15) is 15.9 Å². The molecule has 0 saturated carbocycles. The number of carbonyl (C=O) groups excluding carboxylic acids is 1. The Morgan fingerprint density at radius 3 is 2.44 bits per heavy atom. The number of aromatic nitrogens is 1. The van der Waals surface area contributed by atoms with Crippen molar-refractivity contribution < 1.29 is 26.7 Å². The van der Waals surface area contributed by atoms with E-state index < -0.39 is 21.7 Å². The van der Waals surface area contributed by atoms with E-state index >= 15 is 0 Å². The number of nitrogens with zero attached hydrogens (tertiary/aromatic N) is 1. The Morgan fingerprint density at radius 1 is 1.11 bits per heavy atom. The van der Waals surface area contributed by atoms with E-state index in [2.05, 4.69) is 0 Å². The zero-order chi connectivity index (χ0) is 19.8. The van der Waals surface area contributed by atoms with Crippen LogP contribution in [-0.2, 0) is 10.0 Å². The third kappa shape index (κ3) is 3.23. The average Bonchev–Trinajstić information content (AvgIpc) is 3.01. The molecule has 27 heavy (non-hydrogen) atoms. The largest absolute Gasteiger partial charge is 0.494 e. The molecular formula is C19H15F2NO4S. The normalized spacial score (nSPS) is 11.4. The fourth-order valence-electron chi connectivity index (χ4n) is 2.79. The number of hydrogen-bond acceptors (Lipinski definition) is 4. The first-order chi connectivity index (χ1) is 12.8. The van der Waals surface area contributed by atoms with Crippen molar-refractivity contribution in [2.75, 3.05) is 7.11 Å². The lowest BCUT2D eigenvalue weighted by molar-refractivity contribution is 0.112. The van der Waals surface area contributed by atoms with Gasteiger partial charge in [0.25, 0.3) is 10.0 Å². The Kier molecular flexibility index (Phi) is 4.84. The number of ether oxygens (including phenoxy) is 1. The van der Waals surface area contributed by atoms with E-state index in [-0.39, 0.29) is 27.5 Å². The number of benzene rings is 2. The van der Waals surface area contributed by atoms with Crippen molar-refractivity contribution in [1.29, 1.82) is 0 Å². The Hall–Kier alpha value is -3.00. The molecule has 0 saturated heterocycles. The van der Waals surface area contributed by atoms with Crippen molar-refractivity contribution in [2.24, 2.45) is 0 Å². The molecule has 5 nitrogen and oxygen atoms in total. The van der Waals surface area contributed by atoms with Crippen LogP contribution in [0.2, 0.25) is 0 Å². The lowest BCUT2D eigenvalue weighted by Gasteiger charge is -2.13. The predicted molar refractivity (Wildman–Crippen MR) is 95.5 cm³/mol. The number of hydrogen-bond donors (Lipinski definition) is 0. The van der Waals surface area contributed by atoms with Crippen LogP contribution in [0.5, 0.6) is 5.75 Å². The SMILES string of the molecule is COc1c(C=O)cn(S(=O)(=O)c2cccc(C)c2)c1-c1ccc(F)cc1F. The van der Waals surface area contributed by atoms with E-state index in [9.17, 15) is 22.0 Å². The van der Waals surface area contributed by atoms with E-state index in [4.69, 9.17) is 4.74 Å². The Balaban J connectivity index is 2.37. The van der Waals surface area contributed by atoms with Gasteiger partial charge in [-0.25, -0.2) is 21.2 Å². The maximum Gasteiger partial charge on any atom is 0.268 e. The van der Waals surface area contributed by atoms with Gasteiger partial charge < -0.3 is 4.74 Å². The molecule has 0 unspecified atom stereocenters. The first-order valence-corrected chi connectivity index (χ1v) is 9.25. The van der Waals surface area contributed by atoms with E-state index in [1.807, 2.05) is 0 Å². The maximum absolute atomic E-state index is 14.4. The molecular weight excluding hydrogens is 376 g/mol. The molecule has 8 heteroatoms. The van der Waals surface area contributed by atoms with E-state index in [1.54, 1.807) is 19.1 Å².